The van der Waals surface area contributed by atoms with Gasteiger partial charge in [-0.25, -0.2) is 12.7 Å². The lowest BCUT2D eigenvalue weighted by Crippen LogP contribution is -2.41. The summed E-state index contributed by atoms with van der Waals surface area (Å²) in [7, 11) is -3.13. The second kappa shape index (κ2) is 6.44. The predicted octanol–water partition coefficient (Wildman–Crippen LogP) is 1.50. The van der Waals surface area contributed by atoms with Crippen LogP contribution in [0.25, 0.3) is 0 Å². The molecule has 20 heavy (non-hydrogen) atoms. The summed E-state index contributed by atoms with van der Waals surface area (Å²) >= 11 is 5.96. The lowest BCUT2D eigenvalue weighted by atomic mass is 9.90. The van der Waals surface area contributed by atoms with E-state index in [4.69, 9.17) is 21.9 Å². The van der Waals surface area contributed by atoms with Gasteiger partial charge < -0.3 is 4.42 Å². The van der Waals surface area contributed by atoms with Gasteiger partial charge in [-0.2, -0.15) is 0 Å². The monoisotopic (exact) mass is 321 g/mol. The first-order chi connectivity index (χ1) is 9.41. The molecule has 114 valence electrons. The summed E-state index contributed by atoms with van der Waals surface area (Å²) in [5, 5.41) is 0.323. The van der Waals surface area contributed by atoms with E-state index in [9.17, 15) is 8.42 Å². The first kappa shape index (κ1) is 15.8. The van der Waals surface area contributed by atoms with Gasteiger partial charge in [-0.3, -0.25) is 11.3 Å². The third-order valence-corrected chi connectivity index (χ3v) is 5.32. The molecular formula is C12H20ClN3O3S. The summed E-state index contributed by atoms with van der Waals surface area (Å²) < 4.78 is 29.8. The molecule has 1 fully saturated rings. The number of hydrogen-bond donors (Lipinski definition) is 2. The summed E-state index contributed by atoms with van der Waals surface area (Å²) in [4.78, 5) is 0. The van der Waals surface area contributed by atoms with Crippen molar-refractivity contribution in [3.05, 3.63) is 23.1 Å². The third-order valence-electron chi connectivity index (χ3n) is 3.74. The fourth-order valence-electron chi connectivity index (χ4n) is 2.69. The summed E-state index contributed by atoms with van der Waals surface area (Å²) in [6.07, 6.45) is 5.35. The fourth-order valence-corrected chi connectivity index (χ4v) is 3.88. The molecule has 1 aromatic heterocycles. The lowest BCUT2D eigenvalue weighted by Gasteiger charge is -2.32. The van der Waals surface area contributed by atoms with E-state index in [-0.39, 0.29) is 12.0 Å². The predicted molar refractivity (Wildman–Crippen MR) is 77.5 cm³/mol. The minimum Gasteiger partial charge on any atom is -0.453 e. The SMILES string of the molecule is CS(=O)(=O)N1CCCC(CC(NN)c2ccoc2Cl)C1. The standard InChI is InChI=1S/C12H20ClN3O3S/c1-20(17,18)16-5-2-3-9(8-16)7-11(15-14)10-4-6-19-12(10)13/h4,6,9,11,15H,2-3,5,7-8,14H2,1H3. The van der Waals surface area contributed by atoms with E-state index in [2.05, 4.69) is 5.43 Å². The Bertz CT molecular complexity index is 546. The molecule has 0 aliphatic carbocycles. The highest BCUT2D eigenvalue weighted by atomic mass is 35.5. The van der Waals surface area contributed by atoms with Crippen LogP contribution in [0.5, 0.6) is 0 Å². The lowest BCUT2D eigenvalue weighted by molar-refractivity contribution is 0.238. The van der Waals surface area contributed by atoms with Gasteiger partial charge in [-0.1, -0.05) is 0 Å². The van der Waals surface area contributed by atoms with Crippen LogP contribution in [-0.4, -0.2) is 32.1 Å². The number of nitrogens with two attached hydrogens (primary N) is 1. The van der Waals surface area contributed by atoms with Crippen molar-refractivity contribution in [2.45, 2.75) is 25.3 Å². The molecule has 6 nitrogen and oxygen atoms in total. The third kappa shape index (κ3) is 3.73. The van der Waals surface area contributed by atoms with Gasteiger partial charge in [0.1, 0.15) is 0 Å². The van der Waals surface area contributed by atoms with Crippen molar-refractivity contribution in [2.75, 3.05) is 19.3 Å². The minimum atomic E-state index is -3.13. The number of sulfonamides is 1. The van der Waals surface area contributed by atoms with E-state index >= 15 is 0 Å². The zero-order valence-corrected chi connectivity index (χ0v) is 13.0. The molecule has 2 unspecified atom stereocenters. The summed E-state index contributed by atoms with van der Waals surface area (Å²) in [6.45, 7) is 1.13. The van der Waals surface area contributed by atoms with Crippen molar-refractivity contribution in [1.82, 2.24) is 9.73 Å². The van der Waals surface area contributed by atoms with Gasteiger partial charge >= 0.3 is 0 Å². The smallest absolute Gasteiger partial charge is 0.211 e. The number of rotatable bonds is 5. The molecule has 1 aliphatic rings. The van der Waals surface area contributed by atoms with Crippen LogP contribution in [0, 0.1) is 5.92 Å². The van der Waals surface area contributed by atoms with E-state index in [1.807, 2.05) is 0 Å². The first-order valence-corrected chi connectivity index (χ1v) is 8.78. The zero-order chi connectivity index (χ0) is 14.8. The van der Waals surface area contributed by atoms with Crippen molar-refractivity contribution >= 4 is 21.6 Å². The highest BCUT2D eigenvalue weighted by Gasteiger charge is 2.28. The molecular weight excluding hydrogens is 302 g/mol. The van der Waals surface area contributed by atoms with Crippen LogP contribution in [0.2, 0.25) is 5.22 Å². The molecule has 0 aromatic carbocycles. The van der Waals surface area contributed by atoms with Crippen LogP contribution in [0.1, 0.15) is 30.9 Å². The summed E-state index contributed by atoms with van der Waals surface area (Å²) in [6, 6.07) is 1.65. The molecule has 1 aliphatic heterocycles. The maximum absolute atomic E-state index is 11.6. The quantitative estimate of drug-likeness (QED) is 0.633. The van der Waals surface area contributed by atoms with Gasteiger partial charge in [0.15, 0.2) is 5.22 Å². The molecule has 1 aromatic rings. The number of halogens is 1. The highest BCUT2D eigenvalue weighted by Crippen LogP contribution is 2.31. The van der Waals surface area contributed by atoms with Gasteiger partial charge in [-0.05, 0) is 42.8 Å². The van der Waals surface area contributed by atoms with E-state index in [0.717, 1.165) is 24.8 Å². The van der Waals surface area contributed by atoms with E-state index in [1.54, 1.807) is 6.07 Å². The van der Waals surface area contributed by atoms with Gasteiger partial charge in [0.25, 0.3) is 0 Å². The molecule has 1 saturated heterocycles. The Morgan fingerprint density at radius 3 is 2.95 bits per heavy atom. The van der Waals surface area contributed by atoms with Crippen molar-refractivity contribution in [3.8, 4) is 0 Å². The molecule has 0 bridgehead atoms. The molecule has 0 amide bonds. The van der Waals surface area contributed by atoms with Gasteiger partial charge in [0.2, 0.25) is 10.0 Å². The van der Waals surface area contributed by atoms with Crippen molar-refractivity contribution in [3.63, 3.8) is 0 Å². The van der Waals surface area contributed by atoms with Crippen LogP contribution in [0.15, 0.2) is 16.7 Å². The number of piperidine rings is 1. The van der Waals surface area contributed by atoms with E-state index < -0.39 is 10.0 Å². The Morgan fingerprint density at radius 1 is 1.65 bits per heavy atom. The summed E-state index contributed by atoms with van der Waals surface area (Å²) in [5.41, 5.74) is 3.54. The number of nitrogens with zero attached hydrogens (tertiary/aromatic N) is 1. The van der Waals surface area contributed by atoms with Crippen LogP contribution in [0.4, 0.5) is 0 Å². The van der Waals surface area contributed by atoms with Crippen LogP contribution in [0.3, 0.4) is 0 Å². The van der Waals surface area contributed by atoms with Gasteiger partial charge in [-0.15, -0.1) is 0 Å². The van der Waals surface area contributed by atoms with Crippen LogP contribution >= 0.6 is 11.6 Å². The Hall–Kier alpha value is -0.600. The minimum absolute atomic E-state index is 0.134. The summed E-state index contributed by atoms with van der Waals surface area (Å²) in [5.74, 6) is 5.84. The maximum Gasteiger partial charge on any atom is 0.211 e. The second-order valence-electron chi connectivity index (χ2n) is 5.23. The van der Waals surface area contributed by atoms with Gasteiger partial charge in [0, 0.05) is 18.7 Å². The Morgan fingerprint density at radius 2 is 2.40 bits per heavy atom. The number of furan rings is 1. The Labute approximate surface area is 124 Å². The Kier molecular flexibility index (Phi) is 5.09. The largest absolute Gasteiger partial charge is 0.453 e. The van der Waals surface area contributed by atoms with Crippen LogP contribution in [-0.2, 0) is 10.0 Å². The fraction of sp³-hybridized carbons (Fsp3) is 0.667. The van der Waals surface area contributed by atoms with Crippen molar-refractivity contribution < 1.29 is 12.8 Å². The molecule has 0 radical (unpaired) electrons. The van der Waals surface area contributed by atoms with E-state index in [0.29, 0.717) is 18.3 Å². The number of nitrogens with one attached hydrogen (secondary N) is 1. The molecule has 0 saturated carbocycles. The number of hydrogen-bond acceptors (Lipinski definition) is 5. The molecule has 2 rings (SSSR count). The number of hydrazine groups is 1. The molecule has 2 atom stereocenters. The normalized spacial score (nSPS) is 22.9. The van der Waals surface area contributed by atoms with E-state index in [1.165, 1.54) is 16.8 Å². The highest BCUT2D eigenvalue weighted by molar-refractivity contribution is 7.88. The van der Waals surface area contributed by atoms with Crippen LogP contribution < -0.4 is 11.3 Å². The topological polar surface area (TPSA) is 88.6 Å². The van der Waals surface area contributed by atoms with Gasteiger partial charge in [0.05, 0.1) is 18.6 Å². The molecule has 8 heteroatoms. The Balaban J connectivity index is 2.03. The molecule has 0 spiro atoms. The molecule has 3 N–H and O–H groups in total. The van der Waals surface area contributed by atoms with Crippen molar-refractivity contribution in [2.24, 2.45) is 11.8 Å². The first-order valence-electron chi connectivity index (χ1n) is 6.56. The second-order valence-corrected chi connectivity index (χ2v) is 7.56. The zero-order valence-electron chi connectivity index (χ0n) is 11.4. The molecule has 2 heterocycles. The average Bonchev–Trinajstić information content (AvgIpc) is 2.81. The average molecular weight is 322 g/mol. The maximum atomic E-state index is 11.6. The van der Waals surface area contributed by atoms with Crippen molar-refractivity contribution in [1.29, 1.82) is 0 Å².